The second-order valence-electron chi connectivity index (χ2n) is 5.38. The Morgan fingerprint density at radius 1 is 1.05 bits per heavy atom. The summed E-state index contributed by atoms with van der Waals surface area (Å²) < 4.78 is 13.4. The summed E-state index contributed by atoms with van der Waals surface area (Å²) in [4.78, 5) is 11.9. The van der Waals surface area contributed by atoms with Crippen molar-refractivity contribution in [1.82, 2.24) is 10.6 Å². The minimum absolute atomic E-state index is 0.0804. The van der Waals surface area contributed by atoms with Crippen molar-refractivity contribution in [1.29, 1.82) is 0 Å². The van der Waals surface area contributed by atoms with Crippen molar-refractivity contribution < 1.29 is 9.18 Å². The average Bonchev–Trinajstić information content (AvgIpc) is 2.51. The molecule has 0 aromatic heterocycles. The Labute approximate surface area is 130 Å². The van der Waals surface area contributed by atoms with Gasteiger partial charge in [0.1, 0.15) is 5.82 Å². The van der Waals surface area contributed by atoms with E-state index < -0.39 is 0 Å². The van der Waals surface area contributed by atoms with E-state index in [0.29, 0.717) is 30.8 Å². The number of aryl methyl sites for hydroxylation is 2. The van der Waals surface area contributed by atoms with Gasteiger partial charge in [0.05, 0.1) is 0 Å². The molecule has 0 aliphatic heterocycles. The van der Waals surface area contributed by atoms with Crippen molar-refractivity contribution in [3.63, 3.8) is 0 Å². The molecule has 2 N–H and O–H groups in total. The van der Waals surface area contributed by atoms with Crippen LogP contribution in [0.1, 0.15) is 27.0 Å². The fourth-order valence-corrected chi connectivity index (χ4v) is 2.05. The van der Waals surface area contributed by atoms with Gasteiger partial charge in [-0.1, -0.05) is 29.8 Å². The first kappa shape index (κ1) is 16.2. The molecule has 2 aromatic carbocycles. The summed E-state index contributed by atoms with van der Waals surface area (Å²) in [6.07, 6.45) is 0. The molecule has 0 atom stereocenters. The largest absolute Gasteiger partial charge is 0.351 e. The molecule has 0 bridgehead atoms. The quantitative estimate of drug-likeness (QED) is 0.805. The number of rotatable bonds is 6. The zero-order valence-electron chi connectivity index (χ0n) is 12.9. The molecule has 116 valence electrons. The molecule has 0 saturated heterocycles. The summed E-state index contributed by atoms with van der Waals surface area (Å²) in [7, 11) is 0. The average molecular weight is 300 g/mol. The fraction of sp³-hybridized carbons (Fsp3) is 0.278. The van der Waals surface area contributed by atoms with E-state index in [1.54, 1.807) is 13.0 Å². The van der Waals surface area contributed by atoms with E-state index in [1.807, 2.05) is 37.3 Å². The normalized spacial score (nSPS) is 10.5. The Bertz CT molecular complexity index is 638. The topological polar surface area (TPSA) is 41.1 Å². The van der Waals surface area contributed by atoms with E-state index in [4.69, 9.17) is 0 Å². The molecule has 3 nitrogen and oxygen atoms in total. The second-order valence-corrected chi connectivity index (χ2v) is 5.38. The van der Waals surface area contributed by atoms with Gasteiger partial charge in [-0.2, -0.15) is 0 Å². The van der Waals surface area contributed by atoms with Crippen molar-refractivity contribution in [2.24, 2.45) is 0 Å². The Morgan fingerprint density at radius 3 is 2.45 bits per heavy atom. The zero-order chi connectivity index (χ0) is 15.9. The van der Waals surface area contributed by atoms with E-state index >= 15 is 0 Å². The van der Waals surface area contributed by atoms with Gasteiger partial charge in [0.25, 0.3) is 5.91 Å². The maximum absolute atomic E-state index is 13.4. The van der Waals surface area contributed by atoms with Gasteiger partial charge >= 0.3 is 0 Å². The van der Waals surface area contributed by atoms with Crippen LogP contribution in [0.5, 0.6) is 0 Å². The van der Waals surface area contributed by atoms with Crippen LogP contribution < -0.4 is 10.6 Å². The van der Waals surface area contributed by atoms with E-state index in [1.165, 1.54) is 6.07 Å². The highest BCUT2D eigenvalue weighted by Gasteiger charge is 2.03. The number of benzene rings is 2. The van der Waals surface area contributed by atoms with Crippen LogP contribution in [0.3, 0.4) is 0 Å². The lowest BCUT2D eigenvalue weighted by Crippen LogP contribution is -2.31. The first-order chi connectivity index (χ1) is 10.6. The number of hydrogen-bond donors (Lipinski definition) is 2. The summed E-state index contributed by atoms with van der Waals surface area (Å²) in [5.41, 5.74) is 3.33. The molecule has 2 aromatic rings. The highest BCUT2D eigenvalue weighted by atomic mass is 19.1. The predicted molar refractivity (Wildman–Crippen MR) is 86.4 cm³/mol. The van der Waals surface area contributed by atoms with Gasteiger partial charge in [-0.25, -0.2) is 4.39 Å². The van der Waals surface area contributed by atoms with E-state index in [2.05, 4.69) is 10.6 Å². The molecule has 0 spiro atoms. The van der Waals surface area contributed by atoms with E-state index in [-0.39, 0.29) is 11.7 Å². The number of amides is 1. The van der Waals surface area contributed by atoms with Crippen molar-refractivity contribution in [3.05, 3.63) is 70.5 Å². The third-order valence-electron chi connectivity index (χ3n) is 3.47. The Morgan fingerprint density at radius 2 is 1.77 bits per heavy atom. The monoisotopic (exact) mass is 300 g/mol. The molecule has 1 amide bonds. The Kier molecular flexibility index (Phi) is 5.67. The number of carbonyl (C=O) groups excluding carboxylic acids is 1. The summed E-state index contributed by atoms with van der Waals surface area (Å²) >= 11 is 0. The van der Waals surface area contributed by atoms with Crippen LogP contribution in [0.2, 0.25) is 0 Å². The molecule has 0 saturated carbocycles. The predicted octanol–water partition coefficient (Wildman–Crippen LogP) is 2.96. The van der Waals surface area contributed by atoms with Gasteiger partial charge in [-0.05, 0) is 43.2 Å². The summed E-state index contributed by atoms with van der Waals surface area (Å²) in [5, 5.41) is 6.03. The second kappa shape index (κ2) is 7.71. The molecule has 0 aliphatic rings. The molecule has 0 radical (unpaired) electrons. The fourth-order valence-electron chi connectivity index (χ4n) is 2.05. The van der Waals surface area contributed by atoms with Crippen molar-refractivity contribution in [3.8, 4) is 0 Å². The summed E-state index contributed by atoms with van der Waals surface area (Å²) in [6, 6.07) is 12.7. The van der Waals surface area contributed by atoms with E-state index in [9.17, 15) is 9.18 Å². The lowest BCUT2D eigenvalue weighted by Gasteiger charge is -2.08. The lowest BCUT2D eigenvalue weighted by molar-refractivity contribution is 0.0954. The third kappa shape index (κ3) is 4.67. The van der Waals surface area contributed by atoms with Crippen LogP contribution in [0.15, 0.2) is 42.5 Å². The number of halogens is 1. The smallest absolute Gasteiger partial charge is 0.251 e. The maximum Gasteiger partial charge on any atom is 0.251 e. The third-order valence-corrected chi connectivity index (χ3v) is 3.47. The first-order valence-electron chi connectivity index (χ1n) is 7.37. The van der Waals surface area contributed by atoms with Crippen LogP contribution >= 0.6 is 0 Å². The number of hydrogen-bond acceptors (Lipinski definition) is 2. The number of nitrogens with one attached hydrogen (secondary N) is 2. The van der Waals surface area contributed by atoms with Crippen LogP contribution in [-0.2, 0) is 6.54 Å². The molecule has 4 heteroatoms. The molecule has 0 unspecified atom stereocenters. The van der Waals surface area contributed by atoms with Crippen LogP contribution in [-0.4, -0.2) is 19.0 Å². The van der Waals surface area contributed by atoms with Crippen LogP contribution in [0, 0.1) is 19.7 Å². The van der Waals surface area contributed by atoms with Gasteiger partial charge in [0, 0.05) is 25.2 Å². The Hall–Kier alpha value is -2.20. The molecular formula is C18H21FN2O. The lowest BCUT2D eigenvalue weighted by atomic mass is 10.1. The van der Waals surface area contributed by atoms with Gasteiger partial charge in [0.2, 0.25) is 0 Å². The van der Waals surface area contributed by atoms with Gasteiger partial charge < -0.3 is 10.6 Å². The SMILES string of the molecule is Cc1ccc(C(=O)NCCNCc2ccc(C)c(F)c2)cc1. The minimum atomic E-state index is -0.188. The van der Waals surface area contributed by atoms with Crippen LogP contribution in [0.25, 0.3) is 0 Å². The van der Waals surface area contributed by atoms with Crippen molar-refractivity contribution in [2.45, 2.75) is 20.4 Å². The van der Waals surface area contributed by atoms with Gasteiger partial charge in [0.15, 0.2) is 0 Å². The molecule has 0 fully saturated rings. The molecule has 0 aliphatic carbocycles. The maximum atomic E-state index is 13.4. The molecule has 22 heavy (non-hydrogen) atoms. The zero-order valence-corrected chi connectivity index (χ0v) is 12.9. The highest BCUT2D eigenvalue weighted by Crippen LogP contribution is 2.08. The van der Waals surface area contributed by atoms with Crippen molar-refractivity contribution in [2.75, 3.05) is 13.1 Å². The Balaban J connectivity index is 1.69. The standard InChI is InChI=1S/C18H21FN2O/c1-13-3-7-16(8-4-13)18(22)21-10-9-20-12-15-6-5-14(2)17(19)11-15/h3-8,11,20H,9-10,12H2,1-2H3,(H,21,22). The molecular weight excluding hydrogens is 279 g/mol. The minimum Gasteiger partial charge on any atom is -0.351 e. The summed E-state index contributed by atoms with van der Waals surface area (Å²) in [6.45, 7) is 5.47. The van der Waals surface area contributed by atoms with Crippen LogP contribution in [0.4, 0.5) is 4.39 Å². The highest BCUT2D eigenvalue weighted by molar-refractivity contribution is 5.94. The number of carbonyl (C=O) groups is 1. The van der Waals surface area contributed by atoms with Gasteiger partial charge in [-0.15, -0.1) is 0 Å². The van der Waals surface area contributed by atoms with Crippen molar-refractivity contribution >= 4 is 5.91 Å². The summed E-state index contributed by atoms with van der Waals surface area (Å²) in [5.74, 6) is -0.268. The first-order valence-corrected chi connectivity index (χ1v) is 7.37. The molecule has 0 heterocycles. The molecule has 2 rings (SSSR count). The van der Waals surface area contributed by atoms with E-state index in [0.717, 1.165) is 11.1 Å². The van der Waals surface area contributed by atoms with Gasteiger partial charge in [-0.3, -0.25) is 4.79 Å².